The molecule has 0 fully saturated rings. The molecule has 0 atom stereocenters. The molecule has 53 heavy (non-hydrogen) atoms. The first-order valence-corrected chi connectivity index (χ1v) is 20.0. The molecule has 0 aromatic heterocycles. The van der Waals surface area contributed by atoms with Crippen LogP contribution >= 0.6 is 47.3 Å². The Labute approximate surface area is 336 Å². The quantitative estimate of drug-likeness (QED) is 0.151. The van der Waals surface area contributed by atoms with Gasteiger partial charge in [0.05, 0.1) is 7.11 Å². The number of phenols is 3. The van der Waals surface area contributed by atoms with E-state index >= 15 is 0 Å². The van der Waals surface area contributed by atoms with Gasteiger partial charge < -0.3 is 20.1 Å². The maximum atomic E-state index is 9.82. The van der Waals surface area contributed by atoms with E-state index in [1.165, 1.54) is 44.5 Å². The van der Waals surface area contributed by atoms with E-state index in [0.29, 0.717) is 5.75 Å². The zero-order chi connectivity index (χ0) is 37.3. The summed E-state index contributed by atoms with van der Waals surface area (Å²) in [7, 11) is 1.71. The van der Waals surface area contributed by atoms with E-state index in [-0.39, 0.29) is 14.7 Å². The third-order valence-electron chi connectivity index (χ3n) is 9.39. The van der Waals surface area contributed by atoms with Crippen LogP contribution in [0.2, 0.25) is 0 Å². The first-order valence-electron chi connectivity index (χ1n) is 17.3. The van der Waals surface area contributed by atoms with Gasteiger partial charge in [0.15, 0.2) is 0 Å². The van der Waals surface area contributed by atoms with Crippen molar-refractivity contribution in [1.29, 1.82) is 0 Å². The van der Waals surface area contributed by atoms with Crippen molar-refractivity contribution in [2.75, 3.05) is 7.11 Å². The summed E-state index contributed by atoms with van der Waals surface area (Å²) < 4.78 is 5.67. The number of methoxy groups -OCH3 is 1. The highest BCUT2D eigenvalue weighted by Crippen LogP contribution is 2.43. The molecule has 8 heteroatoms. The molecule has 8 rings (SSSR count). The van der Waals surface area contributed by atoms with Gasteiger partial charge in [0.1, 0.15) is 23.0 Å². The smallest absolute Gasteiger partial charge is 0.369 e. The van der Waals surface area contributed by atoms with Crippen LogP contribution in [0, 0.1) is 0 Å². The summed E-state index contributed by atoms with van der Waals surface area (Å²) in [5, 5.41) is 29.1. The summed E-state index contributed by atoms with van der Waals surface area (Å²) in [6.07, 6.45) is 3.82. The van der Waals surface area contributed by atoms with E-state index in [1.807, 2.05) is 54.6 Å². The molecule has 0 aliphatic heterocycles. The number of aromatic hydroxyl groups is 3. The SMILES string of the molecule is BrB(Br)Br.COc1ccc2c(c1)CCC(c1ccccc1)=C2c1ccc(O)cc1.Oc1ccc(C2=C(c3ccccc3)CCc3cc(O)ccc32)cc1. The van der Waals surface area contributed by atoms with Crippen LogP contribution in [0.3, 0.4) is 0 Å². The fourth-order valence-electron chi connectivity index (χ4n) is 7.04. The van der Waals surface area contributed by atoms with Crippen molar-refractivity contribution in [3.05, 3.63) is 190 Å². The molecule has 2 aliphatic carbocycles. The number of benzene rings is 6. The van der Waals surface area contributed by atoms with Crippen LogP contribution in [0.1, 0.15) is 57.3 Å². The summed E-state index contributed by atoms with van der Waals surface area (Å²) in [5.41, 5.74) is 14.6. The Morgan fingerprint density at radius 1 is 0.453 bits per heavy atom. The summed E-state index contributed by atoms with van der Waals surface area (Å²) >= 11 is 9.31. The normalized spacial score (nSPS) is 13.1. The predicted molar refractivity (Wildman–Crippen MR) is 231 cm³/mol. The lowest BCUT2D eigenvalue weighted by molar-refractivity contribution is 0.414. The molecule has 0 heterocycles. The van der Waals surface area contributed by atoms with E-state index in [4.69, 9.17) is 4.74 Å². The number of rotatable bonds is 5. The maximum absolute atomic E-state index is 9.82. The maximum Gasteiger partial charge on any atom is 0.369 e. The molecular weight excluding hydrogens is 855 g/mol. The molecule has 3 N–H and O–H groups in total. The average Bonchev–Trinajstić information content (AvgIpc) is 3.18. The molecule has 0 saturated heterocycles. The van der Waals surface area contributed by atoms with Crippen molar-refractivity contribution < 1.29 is 20.1 Å². The van der Waals surface area contributed by atoms with Gasteiger partial charge in [-0.3, -0.25) is 0 Å². The van der Waals surface area contributed by atoms with Crippen molar-refractivity contribution in [3.63, 3.8) is 0 Å². The molecule has 4 nitrogen and oxygen atoms in total. The standard InChI is InChI=1S/C23H20O2.C22H18O2.BBr3/c1-25-20-12-14-22-18(15-20)9-13-21(16-5-3-2-4-6-16)23(22)17-7-10-19(24)11-8-17;23-18-9-6-16(7-10-18)22-20(15-4-2-1-3-5-15)12-8-17-14-19(24)11-13-21(17)22;2-1(3)4/h2-8,10-12,14-15,24H,9,13H2,1H3;1-7,9-11,13-14,23-24H,8,12H2;. The molecule has 0 radical (unpaired) electrons. The summed E-state index contributed by atoms with van der Waals surface area (Å²) in [4.78, 5) is 0. The molecule has 266 valence electrons. The lowest BCUT2D eigenvalue weighted by Crippen LogP contribution is -2.06. The molecular formula is C45H38BBr3O4. The zero-order valence-electron chi connectivity index (χ0n) is 29.1. The zero-order valence-corrected chi connectivity index (χ0v) is 33.9. The van der Waals surface area contributed by atoms with Crippen LogP contribution in [0.5, 0.6) is 23.0 Å². The number of fused-ring (bicyclic) bond motifs is 2. The number of halogens is 3. The average molecular weight is 893 g/mol. The second kappa shape index (κ2) is 18.0. The van der Waals surface area contributed by atoms with Crippen LogP contribution in [0.15, 0.2) is 146 Å². The van der Waals surface area contributed by atoms with E-state index in [1.54, 1.807) is 37.4 Å². The Bertz CT molecular complexity index is 2220. The number of allylic oxidation sites excluding steroid dienone is 2. The second-order valence-electron chi connectivity index (χ2n) is 12.6. The predicted octanol–water partition coefficient (Wildman–Crippen LogP) is 12.5. The van der Waals surface area contributed by atoms with Gasteiger partial charge in [-0.15, -0.1) is 47.3 Å². The van der Waals surface area contributed by atoms with Crippen molar-refractivity contribution in [3.8, 4) is 23.0 Å². The van der Waals surface area contributed by atoms with Gasteiger partial charge >= 0.3 is 3.18 Å². The third kappa shape index (κ3) is 9.55. The van der Waals surface area contributed by atoms with Crippen molar-refractivity contribution in [1.82, 2.24) is 0 Å². The molecule has 6 aromatic rings. The second-order valence-corrected chi connectivity index (χ2v) is 19.1. The molecule has 2 aliphatic rings. The summed E-state index contributed by atoms with van der Waals surface area (Å²) in [6.45, 7) is 0. The van der Waals surface area contributed by atoms with E-state index in [9.17, 15) is 15.3 Å². The number of ether oxygens (including phenoxy) is 1. The van der Waals surface area contributed by atoms with E-state index in [2.05, 4.69) is 108 Å². The number of hydrogen-bond donors (Lipinski definition) is 3. The van der Waals surface area contributed by atoms with Gasteiger partial charge in [-0.1, -0.05) is 97.1 Å². The van der Waals surface area contributed by atoms with Crippen LogP contribution < -0.4 is 4.74 Å². The van der Waals surface area contributed by atoms with Gasteiger partial charge in [-0.05, 0) is 141 Å². The highest BCUT2D eigenvalue weighted by molar-refractivity contribution is 9.69. The van der Waals surface area contributed by atoms with Crippen molar-refractivity contribution in [2.45, 2.75) is 25.7 Å². The minimum absolute atomic E-state index is 0.266. The minimum atomic E-state index is 0.266. The fourth-order valence-corrected chi connectivity index (χ4v) is 7.04. The molecule has 0 bridgehead atoms. The fraction of sp³-hybridized carbons (Fsp3) is 0.111. The van der Waals surface area contributed by atoms with E-state index < -0.39 is 0 Å². The molecule has 0 unspecified atom stereocenters. The molecule has 0 saturated carbocycles. The number of hydrogen-bond acceptors (Lipinski definition) is 4. The molecule has 0 spiro atoms. The van der Waals surface area contributed by atoms with Gasteiger partial charge in [0.25, 0.3) is 0 Å². The topological polar surface area (TPSA) is 69.9 Å². The van der Waals surface area contributed by atoms with Gasteiger partial charge in [0.2, 0.25) is 0 Å². The third-order valence-corrected chi connectivity index (χ3v) is 9.39. The summed E-state index contributed by atoms with van der Waals surface area (Å²) in [5.74, 6) is 1.76. The van der Waals surface area contributed by atoms with Crippen molar-refractivity contribution >= 4 is 72.7 Å². The monoisotopic (exact) mass is 890 g/mol. The Morgan fingerprint density at radius 3 is 1.28 bits per heavy atom. The van der Waals surface area contributed by atoms with E-state index in [0.717, 1.165) is 53.7 Å². The van der Waals surface area contributed by atoms with Crippen LogP contribution in [-0.2, 0) is 12.8 Å². The lowest BCUT2D eigenvalue weighted by Gasteiger charge is -2.25. The first kappa shape index (κ1) is 38.2. The highest BCUT2D eigenvalue weighted by atomic mass is 79.9. The Kier molecular flexibility index (Phi) is 13.0. The Balaban J connectivity index is 0.000000165. The number of aryl methyl sites for hydroxylation is 2. The largest absolute Gasteiger partial charge is 0.508 e. The first-order chi connectivity index (χ1) is 25.7. The van der Waals surface area contributed by atoms with Gasteiger partial charge in [-0.25, -0.2) is 0 Å². The van der Waals surface area contributed by atoms with Crippen molar-refractivity contribution in [2.24, 2.45) is 0 Å². The van der Waals surface area contributed by atoms with Crippen LogP contribution in [0.4, 0.5) is 0 Å². The Morgan fingerprint density at radius 2 is 0.849 bits per heavy atom. The molecule has 0 amide bonds. The summed E-state index contributed by atoms with van der Waals surface area (Å²) in [6, 6.07) is 47.7. The lowest BCUT2D eigenvalue weighted by atomic mass is 9.79. The highest BCUT2D eigenvalue weighted by Gasteiger charge is 2.23. The van der Waals surface area contributed by atoms with Crippen LogP contribution in [0.25, 0.3) is 22.3 Å². The van der Waals surface area contributed by atoms with Crippen LogP contribution in [-0.4, -0.2) is 25.6 Å². The number of phenolic OH excluding ortho intramolecular Hbond substituents is 3. The Hall–Kier alpha value is -4.50. The minimum Gasteiger partial charge on any atom is -0.508 e. The molecule has 6 aromatic carbocycles. The van der Waals surface area contributed by atoms with Gasteiger partial charge in [0, 0.05) is 0 Å². The van der Waals surface area contributed by atoms with Gasteiger partial charge in [-0.2, -0.15) is 0 Å².